The SMILES string of the molecule is COc1ccc(-c2c(C)nn3c(NC(C)Cc4nc(C5CC5)no4)cc(C)nc23)c(C)c1. The highest BCUT2D eigenvalue weighted by Gasteiger charge is 2.29. The molecule has 166 valence electrons. The Kier molecular flexibility index (Phi) is 5.07. The predicted octanol–water partition coefficient (Wildman–Crippen LogP) is 4.63. The van der Waals surface area contributed by atoms with E-state index >= 15 is 0 Å². The molecule has 0 bridgehead atoms. The highest BCUT2D eigenvalue weighted by molar-refractivity contribution is 5.83. The fourth-order valence-corrected chi connectivity index (χ4v) is 4.13. The Morgan fingerprint density at radius 1 is 1.19 bits per heavy atom. The number of anilines is 1. The van der Waals surface area contributed by atoms with Crippen LogP contribution in [0.5, 0.6) is 5.75 Å². The summed E-state index contributed by atoms with van der Waals surface area (Å²) in [5.74, 6) is 3.73. The van der Waals surface area contributed by atoms with Crippen molar-refractivity contribution >= 4 is 11.5 Å². The van der Waals surface area contributed by atoms with E-state index in [4.69, 9.17) is 19.3 Å². The highest BCUT2D eigenvalue weighted by atomic mass is 16.5. The lowest BCUT2D eigenvalue weighted by Crippen LogP contribution is -2.20. The molecule has 3 heterocycles. The Balaban J connectivity index is 1.46. The first kappa shape index (κ1) is 20.5. The highest BCUT2D eigenvalue weighted by Crippen LogP contribution is 2.38. The van der Waals surface area contributed by atoms with Gasteiger partial charge in [0.25, 0.3) is 0 Å². The van der Waals surface area contributed by atoms with Crippen LogP contribution in [0.15, 0.2) is 28.8 Å². The van der Waals surface area contributed by atoms with E-state index in [-0.39, 0.29) is 6.04 Å². The first-order valence-corrected chi connectivity index (χ1v) is 11.0. The second-order valence-electron chi connectivity index (χ2n) is 8.73. The van der Waals surface area contributed by atoms with Crippen molar-refractivity contribution in [3.05, 3.63) is 52.9 Å². The molecule has 1 aliphatic rings. The van der Waals surface area contributed by atoms with Gasteiger partial charge in [-0.2, -0.15) is 14.6 Å². The first-order chi connectivity index (χ1) is 15.4. The number of nitrogens with one attached hydrogen (secondary N) is 1. The molecule has 8 heteroatoms. The van der Waals surface area contributed by atoms with Crippen LogP contribution in [0.1, 0.15) is 54.3 Å². The van der Waals surface area contributed by atoms with Gasteiger partial charge in [0.15, 0.2) is 11.5 Å². The number of rotatable bonds is 7. The summed E-state index contributed by atoms with van der Waals surface area (Å²) in [7, 11) is 1.68. The maximum atomic E-state index is 5.45. The Labute approximate surface area is 187 Å². The Bertz CT molecular complexity index is 1290. The van der Waals surface area contributed by atoms with E-state index < -0.39 is 0 Å². The molecule has 1 aromatic carbocycles. The van der Waals surface area contributed by atoms with Crippen molar-refractivity contribution < 1.29 is 9.26 Å². The second kappa shape index (κ2) is 7.93. The summed E-state index contributed by atoms with van der Waals surface area (Å²) in [5.41, 5.74) is 5.95. The summed E-state index contributed by atoms with van der Waals surface area (Å²) in [4.78, 5) is 9.38. The van der Waals surface area contributed by atoms with Crippen LogP contribution in [0.25, 0.3) is 16.8 Å². The monoisotopic (exact) mass is 432 g/mol. The standard InChI is InChI=1S/C24H28N6O2/c1-13-10-18(31-5)8-9-19(13)22-16(4)28-30-20(11-14(2)26-24(22)30)25-15(3)12-21-27-23(29-32-21)17-6-7-17/h8-11,15,17,25H,6-7,12H2,1-5H3. The third-order valence-electron chi connectivity index (χ3n) is 5.90. The van der Waals surface area contributed by atoms with Gasteiger partial charge < -0.3 is 14.6 Å². The van der Waals surface area contributed by atoms with Crippen LogP contribution in [0, 0.1) is 20.8 Å². The lowest BCUT2D eigenvalue weighted by molar-refractivity contribution is 0.368. The minimum atomic E-state index is 0.0863. The zero-order valence-electron chi connectivity index (χ0n) is 19.1. The van der Waals surface area contributed by atoms with Gasteiger partial charge in [0.2, 0.25) is 5.89 Å². The number of aromatic nitrogens is 5. The summed E-state index contributed by atoms with van der Waals surface area (Å²) in [6.07, 6.45) is 2.97. The number of benzene rings is 1. The normalized spacial score (nSPS) is 14.7. The topological polar surface area (TPSA) is 90.4 Å². The van der Waals surface area contributed by atoms with Crippen molar-refractivity contribution in [3.8, 4) is 16.9 Å². The van der Waals surface area contributed by atoms with Gasteiger partial charge in [-0.3, -0.25) is 0 Å². The lowest BCUT2D eigenvalue weighted by atomic mass is 10.0. The number of ether oxygens (including phenoxy) is 1. The van der Waals surface area contributed by atoms with Crippen LogP contribution < -0.4 is 10.1 Å². The van der Waals surface area contributed by atoms with Crippen molar-refractivity contribution in [1.82, 2.24) is 24.7 Å². The van der Waals surface area contributed by atoms with Gasteiger partial charge in [-0.05, 0) is 63.8 Å². The molecule has 1 unspecified atom stereocenters. The molecule has 0 aliphatic heterocycles. The van der Waals surface area contributed by atoms with E-state index in [9.17, 15) is 0 Å². The van der Waals surface area contributed by atoms with Gasteiger partial charge in [-0.1, -0.05) is 11.2 Å². The summed E-state index contributed by atoms with van der Waals surface area (Å²) >= 11 is 0. The molecule has 3 aromatic heterocycles. The van der Waals surface area contributed by atoms with Crippen molar-refractivity contribution in [3.63, 3.8) is 0 Å². The van der Waals surface area contributed by atoms with E-state index in [1.165, 1.54) is 0 Å². The molecule has 0 spiro atoms. The van der Waals surface area contributed by atoms with Crippen LogP contribution in [-0.4, -0.2) is 37.9 Å². The maximum absolute atomic E-state index is 5.45. The number of hydrogen-bond acceptors (Lipinski definition) is 7. The average Bonchev–Trinajstić information content (AvgIpc) is 3.41. The number of methoxy groups -OCH3 is 1. The van der Waals surface area contributed by atoms with Crippen molar-refractivity contribution in [2.24, 2.45) is 0 Å². The number of fused-ring (bicyclic) bond motifs is 1. The zero-order valence-corrected chi connectivity index (χ0v) is 19.1. The van der Waals surface area contributed by atoms with Crippen LogP contribution in [0.4, 0.5) is 5.82 Å². The van der Waals surface area contributed by atoms with E-state index in [1.54, 1.807) is 7.11 Å². The molecule has 32 heavy (non-hydrogen) atoms. The maximum Gasteiger partial charge on any atom is 0.228 e. The predicted molar refractivity (Wildman–Crippen MR) is 122 cm³/mol. The molecule has 0 radical (unpaired) electrons. The van der Waals surface area contributed by atoms with Crippen molar-refractivity contribution in [1.29, 1.82) is 0 Å². The molecule has 1 aliphatic carbocycles. The van der Waals surface area contributed by atoms with Gasteiger partial charge in [0.1, 0.15) is 11.6 Å². The minimum absolute atomic E-state index is 0.0863. The number of hydrogen-bond donors (Lipinski definition) is 1. The molecular weight excluding hydrogens is 404 g/mol. The molecule has 0 amide bonds. The summed E-state index contributed by atoms with van der Waals surface area (Å²) in [6.45, 7) is 8.21. The van der Waals surface area contributed by atoms with Gasteiger partial charge >= 0.3 is 0 Å². The third-order valence-corrected chi connectivity index (χ3v) is 5.90. The third kappa shape index (κ3) is 3.81. The number of nitrogens with zero attached hydrogens (tertiary/aromatic N) is 5. The van der Waals surface area contributed by atoms with Crippen LogP contribution in [0.3, 0.4) is 0 Å². The smallest absolute Gasteiger partial charge is 0.228 e. The molecule has 1 atom stereocenters. The number of aryl methyl sites for hydroxylation is 3. The van der Waals surface area contributed by atoms with Crippen LogP contribution in [-0.2, 0) is 6.42 Å². The first-order valence-electron chi connectivity index (χ1n) is 11.0. The second-order valence-corrected chi connectivity index (χ2v) is 8.73. The Hall–Kier alpha value is -3.42. The van der Waals surface area contributed by atoms with Crippen LogP contribution >= 0.6 is 0 Å². The largest absolute Gasteiger partial charge is 0.497 e. The molecule has 1 fully saturated rings. The molecular formula is C24H28N6O2. The molecule has 1 N–H and O–H groups in total. The fourth-order valence-electron chi connectivity index (χ4n) is 4.13. The van der Waals surface area contributed by atoms with Gasteiger partial charge in [-0.15, -0.1) is 0 Å². The lowest BCUT2D eigenvalue weighted by Gasteiger charge is -2.15. The van der Waals surface area contributed by atoms with Gasteiger partial charge in [-0.25, -0.2) is 4.98 Å². The Morgan fingerprint density at radius 3 is 2.72 bits per heavy atom. The van der Waals surface area contributed by atoms with E-state index in [0.29, 0.717) is 18.2 Å². The summed E-state index contributed by atoms with van der Waals surface area (Å²) in [6, 6.07) is 8.19. The van der Waals surface area contributed by atoms with E-state index in [0.717, 1.165) is 64.0 Å². The quantitative estimate of drug-likeness (QED) is 0.455. The van der Waals surface area contributed by atoms with Crippen molar-refractivity contribution in [2.75, 3.05) is 12.4 Å². The summed E-state index contributed by atoms with van der Waals surface area (Å²) in [5, 5.41) is 12.5. The minimum Gasteiger partial charge on any atom is -0.497 e. The summed E-state index contributed by atoms with van der Waals surface area (Å²) < 4.78 is 12.7. The molecule has 8 nitrogen and oxygen atoms in total. The zero-order chi connectivity index (χ0) is 22.4. The van der Waals surface area contributed by atoms with Crippen molar-refractivity contribution in [2.45, 2.75) is 58.9 Å². The van der Waals surface area contributed by atoms with E-state index in [1.807, 2.05) is 36.6 Å². The molecule has 4 aromatic rings. The van der Waals surface area contributed by atoms with Crippen LogP contribution in [0.2, 0.25) is 0 Å². The fraction of sp³-hybridized carbons (Fsp3) is 0.417. The molecule has 5 rings (SSSR count). The molecule has 1 saturated carbocycles. The average molecular weight is 433 g/mol. The van der Waals surface area contributed by atoms with Gasteiger partial charge in [0, 0.05) is 35.7 Å². The van der Waals surface area contributed by atoms with Gasteiger partial charge in [0.05, 0.1) is 12.8 Å². The Morgan fingerprint density at radius 2 is 2.00 bits per heavy atom. The molecule has 0 saturated heterocycles. The van der Waals surface area contributed by atoms with E-state index in [2.05, 4.69) is 35.4 Å².